The van der Waals surface area contributed by atoms with E-state index in [1.54, 1.807) is 24.3 Å². The van der Waals surface area contributed by atoms with E-state index in [4.69, 9.17) is 4.52 Å². The van der Waals surface area contributed by atoms with Crippen molar-refractivity contribution in [2.45, 2.75) is 11.8 Å². The molecule has 0 radical (unpaired) electrons. The molecule has 0 atom stereocenters. The molecule has 1 saturated heterocycles. The molecule has 5 rings (SSSR count). The Kier molecular flexibility index (Phi) is 5.70. The van der Waals surface area contributed by atoms with Gasteiger partial charge in [-0.3, -0.25) is 0 Å². The van der Waals surface area contributed by atoms with Crippen molar-refractivity contribution >= 4 is 15.7 Å². The summed E-state index contributed by atoms with van der Waals surface area (Å²) in [6, 6.07) is 24.6. The maximum atomic E-state index is 13.3. The molecular weight excluding hydrogens is 436 g/mol. The molecule has 168 valence electrons. The highest BCUT2D eigenvalue weighted by atomic mass is 32.2. The number of piperazine rings is 1. The Labute approximate surface area is 193 Å². The van der Waals surface area contributed by atoms with Crippen molar-refractivity contribution in [2.24, 2.45) is 0 Å². The Morgan fingerprint density at radius 2 is 1.55 bits per heavy atom. The van der Waals surface area contributed by atoms with E-state index < -0.39 is 10.0 Å². The van der Waals surface area contributed by atoms with Gasteiger partial charge in [0.2, 0.25) is 15.8 Å². The van der Waals surface area contributed by atoms with E-state index in [1.807, 2.05) is 61.5 Å². The van der Waals surface area contributed by atoms with Gasteiger partial charge in [0.15, 0.2) is 0 Å². The normalized spacial score (nSPS) is 15.0. The Balaban J connectivity index is 1.34. The minimum absolute atomic E-state index is 0.225. The number of rotatable bonds is 5. The molecule has 0 N–H and O–H groups in total. The maximum absolute atomic E-state index is 13.3. The zero-order chi connectivity index (χ0) is 22.8. The first-order valence-corrected chi connectivity index (χ1v) is 12.3. The van der Waals surface area contributed by atoms with Gasteiger partial charge in [-0.25, -0.2) is 8.42 Å². The monoisotopic (exact) mass is 460 g/mol. The fourth-order valence-corrected chi connectivity index (χ4v) is 5.39. The van der Waals surface area contributed by atoms with E-state index >= 15 is 0 Å². The van der Waals surface area contributed by atoms with Gasteiger partial charge in [0.1, 0.15) is 0 Å². The lowest BCUT2D eigenvalue weighted by molar-refractivity contribution is 0.385. The van der Waals surface area contributed by atoms with E-state index in [0.29, 0.717) is 37.6 Å². The second-order valence-electron chi connectivity index (χ2n) is 8.04. The summed E-state index contributed by atoms with van der Waals surface area (Å²) in [4.78, 5) is 6.89. The van der Waals surface area contributed by atoms with Gasteiger partial charge >= 0.3 is 0 Å². The lowest BCUT2D eigenvalue weighted by Gasteiger charge is -2.35. The molecule has 1 aromatic heterocycles. The molecule has 0 aliphatic carbocycles. The summed E-state index contributed by atoms with van der Waals surface area (Å²) in [6.07, 6.45) is 0. The summed E-state index contributed by atoms with van der Waals surface area (Å²) in [6.45, 7) is 4.16. The smallest absolute Gasteiger partial charge is 0.258 e. The molecule has 7 nitrogen and oxygen atoms in total. The van der Waals surface area contributed by atoms with Crippen LogP contribution < -0.4 is 4.90 Å². The minimum Gasteiger partial charge on any atom is -0.369 e. The van der Waals surface area contributed by atoms with E-state index in [1.165, 1.54) is 4.31 Å². The van der Waals surface area contributed by atoms with E-state index in [-0.39, 0.29) is 10.8 Å². The van der Waals surface area contributed by atoms with Crippen LogP contribution in [0, 0.1) is 6.92 Å². The standard InChI is InChI=1S/C25H24N4O3S/c1-19-10-12-20(13-11-19)24-26-25(32-27-24)21-6-5-9-23(18-21)33(30,31)29-16-14-28(15-17-29)22-7-3-2-4-8-22/h2-13,18H,14-17H2,1H3. The third-order valence-electron chi connectivity index (χ3n) is 5.81. The number of anilines is 1. The highest BCUT2D eigenvalue weighted by Crippen LogP contribution is 2.27. The number of aryl methyl sites for hydroxylation is 1. The SMILES string of the molecule is Cc1ccc(-c2noc(-c3cccc(S(=O)(=O)N4CCN(c5ccccc5)CC4)c3)n2)cc1. The fourth-order valence-electron chi connectivity index (χ4n) is 3.92. The average molecular weight is 461 g/mol. The first kappa shape index (κ1) is 21.4. The van der Waals surface area contributed by atoms with Crippen molar-refractivity contribution in [3.8, 4) is 22.8 Å². The van der Waals surface area contributed by atoms with Crippen LogP contribution >= 0.6 is 0 Å². The van der Waals surface area contributed by atoms with Crippen LogP contribution in [0.2, 0.25) is 0 Å². The van der Waals surface area contributed by atoms with Gasteiger partial charge in [0.25, 0.3) is 5.89 Å². The molecule has 0 unspecified atom stereocenters. The number of para-hydroxylation sites is 1. The Morgan fingerprint density at radius 1 is 0.818 bits per heavy atom. The number of aromatic nitrogens is 2. The first-order valence-electron chi connectivity index (χ1n) is 10.8. The van der Waals surface area contributed by atoms with Crippen LogP contribution in [0.3, 0.4) is 0 Å². The summed E-state index contributed by atoms with van der Waals surface area (Å²) >= 11 is 0. The number of hydrogen-bond donors (Lipinski definition) is 0. The molecular formula is C25H24N4O3S. The Hall–Kier alpha value is -3.49. The minimum atomic E-state index is -3.63. The average Bonchev–Trinajstić information content (AvgIpc) is 3.36. The number of nitrogens with zero attached hydrogens (tertiary/aromatic N) is 4. The van der Waals surface area contributed by atoms with E-state index in [0.717, 1.165) is 16.8 Å². The summed E-state index contributed by atoms with van der Waals surface area (Å²) in [5, 5.41) is 4.06. The molecule has 1 aliphatic heterocycles. The van der Waals surface area contributed by atoms with Gasteiger partial charge in [-0.15, -0.1) is 0 Å². The Bertz CT molecular complexity index is 1340. The molecule has 1 aliphatic rings. The van der Waals surface area contributed by atoms with Gasteiger partial charge < -0.3 is 9.42 Å². The highest BCUT2D eigenvalue weighted by molar-refractivity contribution is 7.89. The number of hydrogen-bond acceptors (Lipinski definition) is 6. The van der Waals surface area contributed by atoms with Crippen molar-refractivity contribution in [2.75, 3.05) is 31.1 Å². The van der Waals surface area contributed by atoms with Crippen LogP contribution in [-0.4, -0.2) is 49.0 Å². The molecule has 0 amide bonds. The predicted molar refractivity (Wildman–Crippen MR) is 127 cm³/mol. The van der Waals surface area contributed by atoms with Crippen LogP contribution in [-0.2, 0) is 10.0 Å². The van der Waals surface area contributed by atoms with Crippen molar-refractivity contribution in [3.63, 3.8) is 0 Å². The molecule has 8 heteroatoms. The second kappa shape index (κ2) is 8.80. The lowest BCUT2D eigenvalue weighted by Crippen LogP contribution is -2.48. The van der Waals surface area contributed by atoms with Gasteiger partial charge in [-0.05, 0) is 37.3 Å². The van der Waals surface area contributed by atoms with E-state index in [9.17, 15) is 8.42 Å². The predicted octanol–water partition coefficient (Wildman–Crippen LogP) is 4.22. The number of benzene rings is 3. The van der Waals surface area contributed by atoms with Gasteiger partial charge in [-0.1, -0.05) is 59.3 Å². The molecule has 4 aromatic rings. The van der Waals surface area contributed by atoms with Crippen LogP contribution in [0.5, 0.6) is 0 Å². The molecule has 0 saturated carbocycles. The third-order valence-corrected chi connectivity index (χ3v) is 7.71. The van der Waals surface area contributed by atoms with Gasteiger partial charge in [0.05, 0.1) is 4.90 Å². The summed E-state index contributed by atoms with van der Waals surface area (Å²) < 4.78 is 33.6. The Morgan fingerprint density at radius 3 is 2.27 bits per heavy atom. The molecule has 0 spiro atoms. The second-order valence-corrected chi connectivity index (χ2v) is 9.98. The molecule has 2 heterocycles. The summed E-state index contributed by atoms with van der Waals surface area (Å²) in [5.41, 5.74) is 3.67. The molecule has 1 fully saturated rings. The van der Waals surface area contributed by atoms with Crippen molar-refractivity contribution in [3.05, 3.63) is 84.4 Å². The lowest BCUT2D eigenvalue weighted by atomic mass is 10.1. The zero-order valence-electron chi connectivity index (χ0n) is 18.3. The van der Waals surface area contributed by atoms with Gasteiger partial charge in [-0.2, -0.15) is 9.29 Å². The summed E-state index contributed by atoms with van der Waals surface area (Å²) in [7, 11) is -3.63. The first-order chi connectivity index (χ1) is 16.0. The topological polar surface area (TPSA) is 79.5 Å². The van der Waals surface area contributed by atoms with Crippen molar-refractivity contribution < 1.29 is 12.9 Å². The van der Waals surface area contributed by atoms with Crippen molar-refractivity contribution in [1.29, 1.82) is 0 Å². The molecule has 3 aromatic carbocycles. The molecule has 33 heavy (non-hydrogen) atoms. The summed E-state index contributed by atoms with van der Waals surface area (Å²) in [5.74, 6) is 0.756. The van der Waals surface area contributed by atoms with Crippen LogP contribution in [0.1, 0.15) is 5.56 Å². The van der Waals surface area contributed by atoms with Crippen LogP contribution in [0.4, 0.5) is 5.69 Å². The van der Waals surface area contributed by atoms with Crippen LogP contribution in [0.15, 0.2) is 88.3 Å². The highest BCUT2D eigenvalue weighted by Gasteiger charge is 2.29. The number of sulfonamides is 1. The zero-order valence-corrected chi connectivity index (χ0v) is 19.1. The molecule has 0 bridgehead atoms. The third kappa shape index (κ3) is 4.40. The maximum Gasteiger partial charge on any atom is 0.258 e. The van der Waals surface area contributed by atoms with Crippen LogP contribution in [0.25, 0.3) is 22.8 Å². The van der Waals surface area contributed by atoms with E-state index in [2.05, 4.69) is 15.0 Å². The van der Waals surface area contributed by atoms with Crippen molar-refractivity contribution in [1.82, 2.24) is 14.4 Å². The quantitative estimate of drug-likeness (QED) is 0.444. The van der Waals surface area contributed by atoms with Gasteiger partial charge in [0, 0.05) is 43.0 Å². The fraction of sp³-hybridized carbons (Fsp3) is 0.200. The largest absolute Gasteiger partial charge is 0.369 e.